The maximum Gasteiger partial charge on any atom is 0.0258 e. The van der Waals surface area contributed by atoms with E-state index in [0.29, 0.717) is 0 Å². The van der Waals surface area contributed by atoms with E-state index in [1.54, 1.807) is 0 Å². The average Bonchev–Trinajstić information content (AvgIpc) is 2.35. The van der Waals surface area contributed by atoms with Crippen LogP contribution in [0.25, 0.3) is 0 Å². The highest BCUT2D eigenvalue weighted by Gasteiger charge is 2.34. The zero-order valence-corrected chi connectivity index (χ0v) is 5.93. The molecule has 0 spiro atoms. The Kier molecular flexibility index (Phi) is 1.24. The van der Waals surface area contributed by atoms with E-state index in [0.717, 1.165) is 12.0 Å². The third kappa shape index (κ3) is 0.775. The second-order valence-electron chi connectivity index (χ2n) is 3.25. The van der Waals surface area contributed by atoms with Gasteiger partial charge in [0.25, 0.3) is 0 Å². The fourth-order valence-electron chi connectivity index (χ4n) is 2.06. The number of likely N-dealkylation sites (N-methyl/N-ethyl adjacent to an activating group) is 1. The van der Waals surface area contributed by atoms with Gasteiger partial charge in [-0.25, -0.2) is 0 Å². The standard InChI is InChI=1S/C7H14N2/c1-9-3-2-6-4-8-5-7(6)9/h6-8H,2-5H2,1H3/t6?,7-/m1/s1. The maximum atomic E-state index is 3.41. The molecule has 52 valence electrons. The second-order valence-corrected chi connectivity index (χ2v) is 3.25. The van der Waals surface area contributed by atoms with Crippen LogP contribution in [0.1, 0.15) is 6.42 Å². The van der Waals surface area contributed by atoms with Crippen LogP contribution in [0, 0.1) is 5.92 Å². The Morgan fingerprint density at radius 1 is 1.44 bits per heavy atom. The van der Waals surface area contributed by atoms with Crippen LogP contribution >= 0.6 is 0 Å². The fraction of sp³-hybridized carbons (Fsp3) is 1.00. The van der Waals surface area contributed by atoms with E-state index in [9.17, 15) is 0 Å². The monoisotopic (exact) mass is 126 g/mol. The zero-order chi connectivity index (χ0) is 6.27. The van der Waals surface area contributed by atoms with Gasteiger partial charge in [0.1, 0.15) is 0 Å². The van der Waals surface area contributed by atoms with Crippen molar-refractivity contribution < 1.29 is 0 Å². The van der Waals surface area contributed by atoms with E-state index in [4.69, 9.17) is 0 Å². The molecule has 2 fully saturated rings. The Labute approximate surface area is 56.2 Å². The van der Waals surface area contributed by atoms with Crippen LogP contribution in [0.5, 0.6) is 0 Å². The van der Waals surface area contributed by atoms with Gasteiger partial charge in [-0.2, -0.15) is 0 Å². The van der Waals surface area contributed by atoms with Crippen molar-refractivity contribution in [3.63, 3.8) is 0 Å². The van der Waals surface area contributed by atoms with E-state index in [1.807, 2.05) is 0 Å². The van der Waals surface area contributed by atoms with Gasteiger partial charge in [0, 0.05) is 12.6 Å². The summed E-state index contributed by atoms with van der Waals surface area (Å²) >= 11 is 0. The number of hydrogen-bond acceptors (Lipinski definition) is 2. The number of fused-ring (bicyclic) bond motifs is 1. The van der Waals surface area contributed by atoms with Crippen molar-refractivity contribution in [3.05, 3.63) is 0 Å². The highest BCUT2D eigenvalue weighted by atomic mass is 15.2. The Hall–Kier alpha value is -0.0800. The predicted octanol–water partition coefficient (Wildman–Crippen LogP) is -0.0901. The Morgan fingerprint density at radius 2 is 2.33 bits per heavy atom. The van der Waals surface area contributed by atoms with Gasteiger partial charge in [-0.3, -0.25) is 0 Å². The minimum atomic E-state index is 0.866. The van der Waals surface area contributed by atoms with Crippen LogP contribution in [-0.2, 0) is 0 Å². The molecule has 1 N–H and O–H groups in total. The molecule has 0 bridgehead atoms. The number of likely N-dealkylation sites (tertiary alicyclic amines) is 1. The van der Waals surface area contributed by atoms with E-state index in [1.165, 1.54) is 26.1 Å². The molecular formula is C7H14N2. The van der Waals surface area contributed by atoms with E-state index in [-0.39, 0.29) is 0 Å². The highest BCUT2D eigenvalue weighted by Crippen LogP contribution is 2.24. The Bertz CT molecular complexity index is 113. The summed E-state index contributed by atoms with van der Waals surface area (Å²) in [5.41, 5.74) is 0. The van der Waals surface area contributed by atoms with E-state index >= 15 is 0 Å². The smallest absolute Gasteiger partial charge is 0.0258 e. The molecule has 2 atom stereocenters. The summed E-state index contributed by atoms with van der Waals surface area (Å²) in [4.78, 5) is 2.48. The molecule has 2 nitrogen and oxygen atoms in total. The van der Waals surface area contributed by atoms with Crippen LogP contribution in [0.3, 0.4) is 0 Å². The molecule has 1 unspecified atom stereocenters. The van der Waals surface area contributed by atoms with Crippen molar-refractivity contribution in [1.29, 1.82) is 0 Å². The van der Waals surface area contributed by atoms with Crippen molar-refractivity contribution in [2.75, 3.05) is 26.7 Å². The number of nitrogens with zero attached hydrogens (tertiary/aromatic N) is 1. The van der Waals surface area contributed by atoms with Gasteiger partial charge in [-0.15, -0.1) is 0 Å². The average molecular weight is 126 g/mol. The predicted molar refractivity (Wildman–Crippen MR) is 37.4 cm³/mol. The zero-order valence-electron chi connectivity index (χ0n) is 5.93. The lowest BCUT2D eigenvalue weighted by Crippen LogP contribution is -2.30. The van der Waals surface area contributed by atoms with Crippen LogP contribution in [0.2, 0.25) is 0 Å². The van der Waals surface area contributed by atoms with Crippen molar-refractivity contribution >= 4 is 0 Å². The summed E-state index contributed by atoms with van der Waals surface area (Å²) in [7, 11) is 2.23. The summed E-state index contributed by atoms with van der Waals surface area (Å²) < 4.78 is 0. The molecule has 0 amide bonds. The van der Waals surface area contributed by atoms with Crippen molar-refractivity contribution in [3.8, 4) is 0 Å². The third-order valence-electron chi connectivity index (χ3n) is 2.72. The molecule has 0 aromatic rings. The number of nitrogens with one attached hydrogen (secondary N) is 1. The minimum absolute atomic E-state index is 0.866. The molecule has 2 saturated heterocycles. The quantitative estimate of drug-likeness (QED) is 0.488. The molecule has 0 aromatic carbocycles. The highest BCUT2D eigenvalue weighted by molar-refractivity contribution is 4.92. The minimum Gasteiger partial charge on any atom is -0.315 e. The first-order valence-corrected chi connectivity index (χ1v) is 3.79. The topological polar surface area (TPSA) is 15.3 Å². The van der Waals surface area contributed by atoms with Crippen LogP contribution in [0.4, 0.5) is 0 Å². The molecule has 0 aliphatic carbocycles. The molecule has 0 radical (unpaired) electrons. The first-order valence-electron chi connectivity index (χ1n) is 3.79. The van der Waals surface area contributed by atoms with Gasteiger partial charge < -0.3 is 10.2 Å². The van der Waals surface area contributed by atoms with Crippen molar-refractivity contribution in [1.82, 2.24) is 10.2 Å². The summed E-state index contributed by atoms with van der Waals surface area (Å²) in [6.07, 6.45) is 1.41. The molecule has 9 heavy (non-hydrogen) atoms. The Balaban J connectivity index is 2.07. The first kappa shape index (κ1) is 5.69. The van der Waals surface area contributed by atoms with Gasteiger partial charge >= 0.3 is 0 Å². The largest absolute Gasteiger partial charge is 0.315 e. The molecule has 2 rings (SSSR count). The van der Waals surface area contributed by atoms with Crippen LogP contribution < -0.4 is 5.32 Å². The molecule has 2 aliphatic rings. The van der Waals surface area contributed by atoms with Crippen LogP contribution in [0.15, 0.2) is 0 Å². The number of hydrogen-bond donors (Lipinski definition) is 1. The number of rotatable bonds is 0. The third-order valence-corrected chi connectivity index (χ3v) is 2.72. The van der Waals surface area contributed by atoms with Gasteiger partial charge in [0.2, 0.25) is 0 Å². The van der Waals surface area contributed by atoms with Gasteiger partial charge in [-0.05, 0) is 32.5 Å². The summed E-state index contributed by atoms with van der Waals surface area (Å²) in [5.74, 6) is 0.968. The maximum absolute atomic E-state index is 3.41. The molecule has 2 heterocycles. The summed E-state index contributed by atoms with van der Waals surface area (Å²) in [6, 6.07) is 0.866. The molecule has 0 aromatic heterocycles. The first-order chi connectivity index (χ1) is 4.38. The lowest BCUT2D eigenvalue weighted by Gasteiger charge is -2.16. The second kappa shape index (κ2) is 1.96. The SMILES string of the molecule is CN1CCC2CNC[C@H]21. The van der Waals surface area contributed by atoms with Crippen LogP contribution in [-0.4, -0.2) is 37.6 Å². The van der Waals surface area contributed by atoms with E-state index < -0.39 is 0 Å². The van der Waals surface area contributed by atoms with Gasteiger partial charge in [0.15, 0.2) is 0 Å². The van der Waals surface area contributed by atoms with Crippen molar-refractivity contribution in [2.45, 2.75) is 12.5 Å². The lowest BCUT2D eigenvalue weighted by molar-refractivity contribution is 0.308. The Morgan fingerprint density at radius 3 is 3.11 bits per heavy atom. The molecule has 2 aliphatic heterocycles. The van der Waals surface area contributed by atoms with Gasteiger partial charge in [0.05, 0.1) is 0 Å². The normalized spacial score (nSPS) is 43.7. The van der Waals surface area contributed by atoms with E-state index in [2.05, 4.69) is 17.3 Å². The molecule has 0 saturated carbocycles. The summed E-state index contributed by atoms with van der Waals surface area (Å²) in [6.45, 7) is 3.80. The fourth-order valence-corrected chi connectivity index (χ4v) is 2.06. The molecule has 2 heteroatoms. The van der Waals surface area contributed by atoms with Gasteiger partial charge in [-0.1, -0.05) is 0 Å². The molecular weight excluding hydrogens is 112 g/mol. The summed E-state index contributed by atoms with van der Waals surface area (Å²) in [5, 5.41) is 3.41. The van der Waals surface area contributed by atoms with Crippen molar-refractivity contribution in [2.24, 2.45) is 5.92 Å². The lowest BCUT2D eigenvalue weighted by atomic mass is 10.1.